The number of aliphatic hydroxyl groups is 1. The molecule has 0 aliphatic carbocycles. The number of nitrogens with zero attached hydrogens (tertiary/aromatic N) is 3. The van der Waals surface area contributed by atoms with E-state index in [1.165, 1.54) is 39.6 Å². The molecule has 0 bridgehead atoms. The lowest BCUT2D eigenvalue weighted by molar-refractivity contribution is -0.121. The number of benzene rings is 2. The van der Waals surface area contributed by atoms with Gasteiger partial charge >= 0.3 is 0 Å². The first-order valence-electron chi connectivity index (χ1n) is 10.5. The highest BCUT2D eigenvalue weighted by molar-refractivity contribution is 6.31. The summed E-state index contributed by atoms with van der Waals surface area (Å²) in [6, 6.07) is 9.57. The molecule has 11 heteroatoms. The molecule has 1 aliphatic rings. The summed E-state index contributed by atoms with van der Waals surface area (Å²) >= 11 is 6.19. The number of rotatable bonds is 6. The Labute approximate surface area is 203 Å². The van der Waals surface area contributed by atoms with Crippen LogP contribution in [-0.4, -0.2) is 34.8 Å². The first kappa shape index (κ1) is 24.4. The van der Waals surface area contributed by atoms with Crippen LogP contribution in [0.3, 0.4) is 0 Å². The second-order valence-corrected chi connectivity index (χ2v) is 8.22. The van der Waals surface area contributed by atoms with Crippen molar-refractivity contribution in [2.45, 2.75) is 20.1 Å². The first-order chi connectivity index (χ1) is 16.7. The van der Waals surface area contributed by atoms with Crippen LogP contribution in [0, 0.1) is 11.6 Å². The van der Waals surface area contributed by atoms with E-state index in [4.69, 9.17) is 16.3 Å². The molecule has 8 nitrogen and oxygen atoms in total. The van der Waals surface area contributed by atoms with Crippen molar-refractivity contribution < 1.29 is 28.2 Å². The van der Waals surface area contributed by atoms with Crippen molar-refractivity contribution in [3.05, 3.63) is 86.8 Å². The summed E-state index contributed by atoms with van der Waals surface area (Å²) in [5, 5.41) is 9.07. The van der Waals surface area contributed by atoms with Crippen LogP contribution in [0.4, 0.5) is 20.2 Å². The van der Waals surface area contributed by atoms with Gasteiger partial charge in [0, 0.05) is 24.8 Å². The highest BCUT2D eigenvalue weighted by Crippen LogP contribution is 2.37. The Hall–Kier alpha value is -3.76. The number of hydrogen-bond donors (Lipinski definition) is 1. The van der Waals surface area contributed by atoms with Crippen LogP contribution in [0.25, 0.3) is 0 Å². The van der Waals surface area contributed by atoms with Gasteiger partial charge in [-0.2, -0.15) is 0 Å². The molecule has 35 heavy (non-hydrogen) atoms. The number of aromatic nitrogens is 1. The van der Waals surface area contributed by atoms with Gasteiger partial charge in [-0.25, -0.2) is 8.78 Å². The first-order valence-corrected chi connectivity index (χ1v) is 10.8. The minimum absolute atomic E-state index is 0.0139. The van der Waals surface area contributed by atoms with Gasteiger partial charge in [0.25, 0.3) is 11.5 Å². The molecule has 0 saturated carbocycles. The van der Waals surface area contributed by atoms with E-state index in [1.807, 2.05) is 0 Å². The molecule has 0 fully saturated rings. The van der Waals surface area contributed by atoms with Gasteiger partial charge in [0.1, 0.15) is 42.3 Å². The third-order valence-electron chi connectivity index (χ3n) is 5.54. The molecule has 1 aliphatic heterocycles. The predicted molar refractivity (Wildman–Crippen MR) is 125 cm³/mol. The zero-order valence-electron chi connectivity index (χ0n) is 18.5. The topological polar surface area (TPSA) is 92.1 Å². The molecule has 182 valence electrons. The number of carbonyl (C=O) groups is 2. The minimum Gasteiger partial charge on any atom is -0.487 e. The third-order valence-corrected chi connectivity index (χ3v) is 5.89. The molecule has 2 amide bonds. The maximum Gasteiger partial charge on any atom is 0.273 e. The monoisotopic (exact) mass is 503 g/mol. The van der Waals surface area contributed by atoms with Gasteiger partial charge in [-0.1, -0.05) is 17.7 Å². The fourth-order valence-corrected chi connectivity index (χ4v) is 3.96. The van der Waals surface area contributed by atoms with Gasteiger partial charge in [-0.3, -0.25) is 24.2 Å². The van der Waals surface area contributed by atoms with Crippen LogP contribution in [0.15, 0.2) is 53.5 Å². The smallest absolute Gasteiger partial charge is 0.273 e. The molecule has 3 aromatic rings. The Bertz CT molecular complexity index is 1380. The molecule has 0 unspecified atom stereocenters. The minimum atomic E-state index is -0.775. The van der Waals surface area contributed by atoms with E-state index in [1.54, 1.807) is 18.2 Å². The lowest BCUT2D eigenvalue weighted by Gasteiger charge is -2.16. The molecule has 4 rings (SSSR count). The van der Waals surface area contributed by atoms with Crippen LogP contribution < -0.4 is 20.1 Å². The molecule has 2 heterocycles. The van der Waals surface area contributed by atoms with Gasteiger partial charge in [0.2, 0.25) is 5.91 Å². The van der Waals surface area contributed by atoms with Crippen LogP contribution in [0.1, 0.15) is 18.1 Å². The average molecular weight is 504 g/mol. The van der Waals surface area contributed by atoms with Gasteiger partial charge in [-0.15, -0.1) is 0 Å². The quantitative estimate of drug-likeness (QED) is 0.558. The van der Waals surface area contributed by atoms with E-state index in [0.717, 1.165) is 12.1 Å². The number of anilines is 2. The number of pyridine rings is 1. The molecule has 1 aromatic heterocycles. The average Bonchev–Trinajstić information content (AvgIpc) is 3.21. The Morgan fingerprint density at radius 2 is 1.86 bits per heavy atom. The summed E-state index contributed by atoms with van der Waals surface area (Å²) in [6.45, 7) is 0.495. The summed E-state index contributed by atoms with van der Waals surface area (Å²) in [4.78, 5) is 39.6. The third kappa shape index (κ3) is 4.89. The maximum absolute atomic E-state index is 13.8. The highest BCUT2D eigenvalue weighted by atomic mass is 35.5. The van der Waals surface area contributed by atoms with Gasteiger partial charge < -0.3 is 14.4 Å². The Morgan fingerprint density at radius 3 is 2.54 bits per heavy atom. The second kappa shape index (κ2) is 9.85. The number of amides is 2. The summed E-state index contributed by atoms with van der Waals surface area (Å²) in [6.07, 6.45) is 1.45. The fourth-order valence-electron chi connectivity index (χ4n) is 3.73. The van der Waals surface area contributed by atoms with E-state index >= 15 is 0 Å². The number of aliphatic hydroxyl groups excluding tert-OH is 1. The largest absolute Gasteiger partial charge is 0.487 e. The zero-order chi connectivity index (χ0) is 25.3. The van der Waals surface area contributed by atoms with Crippen molar-refractivity contribution in [2.24, 2.45) is 0 Å². The Balaban J connectivity index is 1.56. The van der Waals surface area contributed by atoms with Crippen LogP contribution in [0.5, 0.6) is 5.75 Å². The van der Waals surface area contributed by atoms with Crippen molar-refractivity contribution in [1.29, 1.82) is 0 Å². The van der Waals surface area contributed by atoms with Crippen LogP contribution in [0.2, 0.25) is 5.02 Å². The molecular formula is C24H20ClF2N3O5. The standard InChI is InChI=1S/C24H20ClF2N3O5/c1-14(32)29-13-30(22(33)11-31)20-8-15(2-5-19(20)29)10-28-7-6-21(23(25)24(28)34)35-12-16-3-4-17(26)9-18(16)27/h2-9,31H,10-13H2,1H3. The van der Waals surface area contributed by atoms with Crippen molar-refractivity contribution >= 4 is 34.8 Å². The van der Waals surface area contributed by atoms with E-state index in [0.29, 0.717) is 16.9 Å². The van der Waals surface area contributed by atoms with Gasteiger partial charge in [-0.05, 0) is 35.9 Å². The number of ether oxygens (including phenoxy) is 1. The van der Waals surface area contributed by atoms with E-state index in [9.17, 15) is 28.3 Å². The summed E-state index contributed by atoms with van der Waals surface area (Å²) < 4.78 is 33.7. The van der Waals surface area contributed by atoms with Crippen molar-refractivity contribution in [1.82, 2.24) is 4.57 Å². The maximum atomic E-state index is 13.8. The van der Waals surface area contributed by atoms with Crippen molar-refractivity contribution in [3.63, 3.8) is 0 Å². The lowest BCUT2D eigenvalue weighted by Crippen LogP contribution is -2.38. The molecule has 0 atom stereocenters. The SMILES string of the molecule is CC(=O)N1CN(C(=O)CO)c2cc(Cn3ccc(OCc4ccc(F)cc4F)c(Cl)c3=O)ccc21. The fraction of sp³-hybridized carbons (Fsp3) is 0.208. The molecule has 0 saturated heterocycles. The molecule has 2 aromatic carbocycles. The number of halogens is 3. The highest BCUT2D eigenvalue weighted by Gasteiger charge is 2.32. The predicted octanol–water partition coefficient (Wildman–Crippen LogP) is 3.06. The molecule has 1 N–H and O–H groups in total. The van der Waals surface area contributed by atoms with Crippen LogP contribution in [-0.2, 0) is 22.7 Å². The zero-order valence-corrected chi connectivity index (χ0v) is 19.3. The summed E-state index contributed by atoms with van der Waals surface area (Å²) in [5.74, 6) is -2.26. The van der Waals surface area contributed by atoms with E-state index in [2.05, 4.69) is 0 Å². The summed E-state index contributed by atoms with van der Waals surface area (Å²) in [7, 11) is 0. The Morgan fingerprint density at radius 1 is 1.09 bits per heavy atom. The normalized spacial score (nSPS) is 12.6. The van der Waals surface area contributed by atoms with Crippen molar-refractivity contribution in [3.8, 4) is 5.75 Å². The molecule has 0 spiro atoms. The molecular weight excluding hydrogens is 484 g/mol. The lowest BCUT2D eigenvalue weighted by atomic mass is 10.1. The van der Waals surface area contributed by atoms with Gasteiger partial charge in [0.15, 0.2) is 0 Å². The summed E-state index contributed by atoms with van der Waals surface area (Å²) in [5.41, 5.74) is 1.15. The van der Waals surface area contributed by atoms with E-state index < -0.39 is 29.7 Å². The number of hydrogen-bond acceptors (Lipinski definition) is 5. The van der Waals surface area contributed by atoms with E-state index in [-0.39, 0.29) is 42.1 Å². The number of fused-ring (bicyclic) bond motifs is 1. The van der Waals surface area contributed by atoms with Gasteiger partial charge in [0.05, 0.1) is 17.9 Å². The second-order valence-electron chi connectivity index (χ2n) is 7.84. The number of carbonyl (C=O) groups excluding carboxylic acids is 2. The van der Waals surface area contributed by atoms with Crippen LogP contribution >= 0.6 is 11.6 Å². The Kier molecular flexibility index (Phi) is 6.86. The molecule has 0 radical (unpaired) electrons. The van der Waals surface area contributed by atoms with Crippen molar-refractivity contribution in [2.75, 3.05) is 23.1 Å².